The molecule has 0 saturated heterocycles. The molecular formula is C24H41GdN5O12S2. The molecule has 0 aliphatic carbocycles. The molecule has 0 aromatic heterocycles. The normalized spacial score (nSPS) is 12.2. The van der Waals surface area contributed by atoms with Crippen molar-refractivity contribution in [3.63, 3.8) is 0 Å². The van der Waals surface area contributed by atoms with Crippen molar-refractivity contribution in [3.05, 3.63) is 0 Å². The SMILES string of the molecule is CCOC(=O)C(CS)NC(=O)CN(CCN(CCN(CC(=O)O)CC(=O)NC(CS)C(=O)OCC)CC(=O)O)CC(=O)O.[Gd]. The molecule has 2 atom stereocenters. The number of ether oxygens (including phenoxy) is 2. The Kier molecular flexibility index (Phi) is 25.6. The third kappa shape index (κ3) is 21.0. The first-order chi connectivity index (χ1) is 20.3. The van der Waals surface area contributed by atoms with Gasteiger partial charge in [-0.15, -0.1) is 0 Å². The molecule has 0 aliphatic heterocycles. The summed E-state index contributed by atoms with van der Waals surface area (Å²) in [5.74, 6) is -6.61. The zero-order valence-corrected chi connectivity index (χ0v) is 28.5. The number of carboxylic acids is 3. The molecule has 254 valence electrons. The van der Waals surface area contributed by atoms with E-state index >= 15 is 0 Å². The third-order valence-corrected chi connectivity index (χ3v) is 6.18. The monoisotopic (exact) mass is 813 g/mol. The second-order valence-electron chi connectivity index (χ2n) is 8.99. The van der Waals surface area contributed by atoms with Gasteiger partial charge in [-0.1, -0.05) is 0 Å². The van der Waals surface area contributed by atoms with Crippen LogP contribution in [0.4, 0.5) is 0 Å². The van der Waals surface area contributed by atoms with Crippen LogP contribution in [0.5, 0.6) is 0 Å². The number of carbonyl (C=O) groups excluding carboxylic acids is 4. The molecule has 2 amide bonds. The Morgan fingerprint density at radius 3 is 1.16 bits per heavy atom. The van der Waals surface area contributed by atoms with E-state index in [9.17, 15) is 48.9 Å². The van der Waals surface area contributed by atoms with Gasteiger partial charge in [-0.3, -0.25) is 38.7 Å². The van der Waals surface area contributed by atoms with E-state index in [1.807, 2.05) is 0 Å². The van der Waals surface area contributed by atoms with E-state index in [1.165, 1.54) is 14.7 Å². The zero-order valence-electron chi connectivity index (χ0n) is 24.5. The minimum absolute atomic E-state index is 0. The molecule has 0 radical (unpaired) electrons. The van der Waals surface area contributed by atoms with Crippen molar-refractivity contribution in [2.24, 2.45) is 0 Å². The fraction of sp³-hybridized carbons (Fsp3) is 0.708. The number of nitrogens with one attached hydrogen (secondary N) is 2. The van der Waals surface area contributed by atoms with Crippen LogP contribution in [0, 0.1) is 39.9 Å². The topological polar surface area (TPSA) is 232 Å². The second-order valence-corrected chi connectivity index (χ2v) is 9.72. The predicted octanol–water partition coefficient (Wildman–Crippen LogP) is -2.90. The van der Waals surface area contributed by atoms with Crippen molar-refractivity contribution < 1.29 is 98.3 Å². The van der Waals surface area contributed by atoms with Gasteiger partial charge < -0.3 is 35.4 Å². The van der Waals surface area contributed by atoms with Crippen LogP contribution in [0.3, 0.4) is 0 Å². The van der Waals surface area contributed by atoms with Crippen LogP contribution >= 0.6 is 25.3 Å². The fourth-order valence-electron chi connectivity index (χ4n) is 3.57. The number of amides is 2. The van der Waals surface area contributed by atoms with Gasteiger partial charge in [0.25, 0.3) is 0 Å². The number of thiol groups is 2. The van der Waals surface area contributed by atoms with Gasteiger partial charge in [-0.05, 0) is 13.8 Å². The van der Waals surface area contributed by atoms with Crippen molar-refractivity contribution in [2.75, 3.05) is 83.6 Å². The van der Waals surface area contributed by atoms with E-state index in [0.717, 1.165) is 0 Å². The van der Waals surface area contributed by atoms with Crippen LogP contribution in [0.1, 0.15) is 13.8 Å². The summed E-state index contributed by atoms with van der Waals surface area (Å²) in [6, 6.07) is -2.10. The number of carbonyl (C=O) groups is 7. The maximum atomic E-state index is 12.5. The van der Waals surface area contributed by atoms with E-state index in [1.54, 1.807) is 13.8 Å². The smallest absolute Gasteiger partial charge is 0.329 e. The molecule has 0 bridgehead atoms. The molecule has 0 saturated carbocycles. The minimum Gasteiger partial charge on any atom is -0.480 e. The number of aliphatic carboxylic acids is 3. The summed E-state index contributed by atoms with van der Waals surface area (Å²) in [5, 5.41) is 32.7. The Hall–Kier alpha value is -1.81. The summed E-state index contributed by atoms with van der Waals surface area (Å²) in [6.45, 7) is 0.580. The van der Waals surface area contributed by atoms with Gasteiger partial charge in [0.1, 0.15) is 12.1 Å². The summed E-state index contributed by atoms with van der Waals surface area (Å²) in [7, 11) is 0. The first-order valence-electron chi connectivity index (χ1n) is 13.2. The molecule has 44 heavy (non-hydrogen) atoms. The predicted molar refractivity (Wildman–Crippen MR) is 157 cm³/mol. The number of hydrogen-bond donors (Lipinski definition) is 7. The van der Waals surface area contributed by atoms with Crippen LogP contribution in [0.25, 0.3) is 0 Å². The van der Waals surface area contributed by atoms with Crippen molar-refractivity contribution >= 4 is 66.9 Å². The Bertz CT molecular complexity index is 899. The van der Waals surface area contributed by atoms with Crippen LogP contribution in [-0.2, 0) is 43.0 Å². The van der Waals surface area contributed by atoms with Gasteiger partial charge in [0.15, 0.2) is 0 Å². The first kappa shape index (κ1) is 44.3. The van der Waals surface area contributed by atoms with Gasteiger partial charge in [-0.2, -0.15) is 25.3 Å². The molecule has 17 nitrogen and oxygen atoms in total. The molecule has 0 fully saturated rings. The van der Waals surface area contributed by atoms with Gasteiger partial charge in [0, 0.05) is 77.6 Å². The Balaban J connectivity index is 0. The van der Waals surface area contributed by atoms with E-state index in [2.05, 4.69) is 35.9 Å². The fourth-order valence-corrected chi connectivity index (χ4v) is 4.05. The van der Waals surface area contributed by atoms with E-state index in [0.29, 0.717) is 0 Å². The summed E-state index contributed by atoms with van der Waals surface area (Å²) >= 11 is 8.03. The van der Waals surface area contributed by atoms with Crippen molar-refractivity contribution in [2.45, 2.75) is 25.9 Å². The summed E-state index contributed by atoms with van der Waals surface area (Å²) < 4.78 is 9.72. The van der Waals surface area contributed by atoms with Crippen molar-refractivity contribution in [1.82, 2.24) is 25.3 Å². The quantitative estimate of drug-likeness (QED) is 0.0383. The molecule has 2 unspecified atom stereocenters. The Morgan fingerprint density at radius 1 is 0.591 bits per heavy atom. The van der Waals surface area contributed by atoms with Gasteiger partial charge >= 0.3 is 29.8 Å². The van der Waals surface area contributed by atoms with Crippen LogP contribution in [-0.4, -0.2) is 167 Å². The number of rotatable bonds is 24. The molecule has 20 heteroatoms. The molecule has 0 heterocycles. The summed E-state index contributed by atoms with van der Waals surface area (Å²) in [5.41, 5.74) is 0. The summed E-state index contributed by atoms with van der Waals surface area (Å²) in [6.07, 6.45) is 0. The largest absolute Gasteiger partial charge is 0.480 e. The molecular weight excluding hydrogens is 772 g/mol. The molecule has 0 aromatic rings. The van der Waals surface area contributed by atoms with Crippen LogP contribution < -0.4 is 10.6 Å². The first-order valence-corrected chi connectivity index (χ1v) is 14.5. The zero-order chi connectivity index (χ0) is 32.9. The average molecular weight is 813 g/mol. The van der Waals surface area contributed by atoms with Crippen LogP contribution in [0.2, 0.25) is 0 Å². The number of esters is 2. The van der Waals surface area contributed by atoms with Gasteiger partial charge in [0.05, 0.1) is 45.9 Å². The summed E-state index contributed by atoms with van der Waals surface area (Å²) in [4.78, 5) is 86.9. The maximum absolute atomic E-state index is 12.5. The standard InChI is InChI=1S/C24H41N5O12S2.Gd/c1-3-40-23(38)16(14-42)25-18(30)9-28(12-21(34)35)7-5-27(11-20(32)33)6-8-29(13-22(36)37)10-19(31)26-17(15-43)24(39)41-4-2;/h16-17,42-43H,3-15H2,1-2H3,(H,25,30)(H,26,31)(H,32,33)(H,34,35)(H,36,37);. The number of nitrogens with zero attached hydrogens (tertiary/aromatic N) is 3. The molecule has 0 spiro atoms. The second kappa shape index (κ2) is 25.4. The molecule has 5 N–H and O–H groups in total. The molecule has 0 aliphatic rings. The van der Waals surface area contributed by atoms with Crippen LogP contribution in [0.15, 0.2) is 0 Å². The van der Waals surface area contributed by atoms with E-state index in [-0.39, 0.29) is 90.8 Å². The number of hydrogen-bond acceptors (Lipinski definition) is 14. The van der Waals surface area contributed by atoms with E-state index in [4.69, 9.17) is 9.47 Å². The molecule has 0 rings (SSSR count). The number of carboxylic acid groups (broad SMARTS) is 3. The maximum Gasteiger partial charge on any atom is 0.329 e. The van der Waals surface area contributed by atoms with E-state index < -0.39 is 86.5 Å². The third-order valence-electron chi connectivity index (χ3n) is 5.45. The van der Waals surface area contributed by atoms with Crippen molar-refractivity contribution in [1.29, 1.82) is 0 Å². The van der Waals surface area contributed by atoms with Gasteiger partial charge in [0.2, 0.25) is 11.8 Å². The Morgan fingerprint density at radius 2 is 0.886 bits per heavy atom. The van der Waals surface area contributed by atoms with Crippen molar-refractivity contribution in [3.8, 4) is 0 Å². The Labute approximate surface area is 298 Å². The van der Waals surface area contributed by atoms with Gasteiger partial charge in [-0.25, -0.2) is 9.59 Å². The molecule has 0 aromatic carbocycles. The average Bonchev–Trinajstić information content (AvgIpc) is 2.90. The minimum atomic E-state index is -1.25.